The average Bonchev–Trinajstić information content (AvgIpc) is 3.27. The van der Waals surface area contributed by atoms with Gasteiger partial charge in [-0.3, -0.25) is 52.7 Å². The zero-order valence-electron chi connectivity index (χ0n) is 38.7. The van der Waals surface area contributed by atoms with Crippen molar-refractivity contribution in [2.24, 2.45) is 17.8 Å². The number of Topliss-reactive ketones (excluding diaryl/α,β-unsaturated/α-hetero) is 1. The third kappa shape index (κ3) is 20.5. The van der Waals surface area contributed by atoms with Gasteiger partial charge in [0.2, 0.25) is 41.2 Å². The molecule has 370 valence electrons. The Labute approximate surface area is 385 Å². The van der Waals surface area contributed by atoms with Crippen molar-refractivity contribution in [3.05, 3.63) is 12.7 Å². The standard InChI is InChI=1S/C45H71N7O14/c1-6-14-30(39(59)45(65)46-25-36(58)66-23-7-2)48-42(62)33(24-28-15-10-8-11-16-28)50-44(64)38(29-17-12-9-13-18-29)52-43(63)37(26(3)4)51-41(61)32(20-22-35(56)57)49-40(60)31(47-27(5)53)19-21-34(54)55/h7,26,28-33,37-38H,2,6,8-25H2,1,3-5H3,(H,46,65)(H,47,53)(H,48,62)(H,49,60)(H,50,64)(H,51,61)(H,52,63)(H,54,55)(H,56,57). The molecule has 21 heteroatoms. The lowest BCUT2D eigenvalue weighted by molar-refractivity contribution is -0.145. The van der Waals surface area contributed by atoms with E-state index < -0.39 is 133 Å². The second-order valence-corrected chi connectivity index (χ2v) is 17.5. The molecule has 2 saturated carbocycles. The summed E-state index contributed by atoms with van der Waals surface area (Å²) < 4.78 is 4.84. The number of carboxylic acids is 2. The van der Waals surface area contributed by atoms with Gasteiger partial charge in [0.05, 0.1) is 6.04 Å². The van der Waals surface area contributed by atoms with Crippen LogP contribution in [0.1, 0.15) is 137 Å². The zero-order chi connectivity index (χ0) is 49.3. The van der Waals surface area contributed by atoms with E-state index in [0.29, 0.717) is 19.3 Å². The predicted octanol–water partition coefficient (Wildman–Crippen LogP) is 1.07. The molecule has 21 nitrogen and oxygen atoms in total. The molecular formula is C45H71N7O14. The highest BCUT2D eigenvalue weighted by atomic mass is 16.5. The first-order valence-electron chi connectivity index (χ1n) is 23.1. The second kappa shape index (κ2) is 29.6. The van der Waals surface area contributed by atoms with Gasteiger partial charge in [0.1, 0.15) is 43.4 Å². The topological polar surface area (TPSA) is 322 Å². The summed E-state index contributed by atoms with van der Waals surface area (Å²) >= 11 is 0. The number of esters is 1. The number of aliphatic carboxylic acids is 2. The van der Waals surface area contributed by atoms with Crippen molar-refractivity contribution >= 4 is 65.0 Å². The number of carboxylic acid groups (broad SMARTS) is 2. The second-order valence-electron chi connectivity index (χ2n) is 17.5. The van der Waals surface area contributed by atoms with Crippen LogP contribution >= 0.6 is 0 Å². The summed E-state index contributed by atoms with van der Waals surface area (Å²) in [4.78, 5) is 143. The van der Waals surface area contributed by atoms with Gasteiger partial charge in [-0.15, -0.1) is 0 Å². The van der Waals surface area contributed by atoms with Crippen molar-refractivity contribution in [3.63, 3.8) is 0 Å². The molecule has 2 fully saturated rings. The molecule has 2 rings (SSSR count). The summed E-state index contributed by atoms with van der Waals surface area (Å²) in [5, 5.41) is 36.4. The molecular weight excluding hydrogens is 863 g/mol. The molecule has 9 N–H and O–H groups in total. The number of ether oxygens (including phenoxy) is 1. The Morgan fingerprint density at radius 2 is 1.15 bits per heavy atom. The summed E-state index contributed by atoms with van der Waals surface area (Å²) in [7, 11) is 0. The van der Waals surface area contributed by atoms with Gasteiger partial charge in [-0.2, -0.15) is 0 Å². The molecule has 0 aromatic rings. The molecule has 0 aliphatic heterocycles. The van der Waals surface area contributed by atoms with E-state index in [1.54, 1.807) is 20.8 Å². The highest BCUT2D eigenvalue weighted by Gasteiger charge is 2.39. The largest absolute Gasteiger partial charge is 0.481 e. The molecule has 7 amide bonds. The summed E-state index contributed by atoms with van der Waals surface area (Å²) in [6.45, 7) is 8.87. The predicted molar refractivity (Wildman–Crippen MR) is 238 cm³/mol. The van der Waals surface area contributed by atoms with E-state index in [9.17, 15) is 57.8 Å². The van der Waals surface area contributed by atoms with Crippen LogP contribution in [0.4, 0.5) is 0 Å². The van der Waals surface area contributed by atoms with Crippen LogP contribution in [0, 0.1) is 17.8 Å². The summed E-state index contributed by atoms with van der Waals surface area (Å²) in [6.07, 6.45) is 8.16. The SMILES string of the molecule is C=CCOC(=O)CNC(=O)C(=O)C(CCC)NC(=O)C(CC1CCCCC1)NC(=O)C(NC(=O)C(NC(=O)C(CCC(=O)O)NC(=O)C(CCC(=O)O)NC(C)=O)C(C)C)C1CCCCC1. The van der Waals surface area contributed by atoms with Crippen LogP contribution in [-0.4, -0.2) is 125 Å². The third-order valence-electron chi connectivity index (χ3n) is 11.7. The Morgan fingerprint density at radius 3 is 1.68 bits per heavy atom. The summed E-state index contributed by atoms with van der Waals surface area (Å²) in [5.74, 6) is -11.1. The maximum Gasteiger partial charge on any atom is 0.325 e. The van der Waals surface area contributed by atoms with Crippen LogP contribution in [0.2, 0.25) is 0 Å². The molecule has 66 heavy (non-hydrogen) atoms. The van der Waals surface area contributed by atoms with E-state index in [-0.39, 0.29) is 37.7 Å². The first-order valence-corrected chi connectivity index (χ1v) is 23.1. The quantitative estimate of drug-likeness (QED) is 0.0288. The molecule has 2 aliphatic carbocycles. The first-order chi connectivity index (χ1) is 31.3. The molecule has 0 heterocycles. The van der Waals surface area contributed by atoms with E-state index in [2.05, 4.69) is 43.8 Å². The van der Waals surface area contributed by atoms with Gasteiger partial charge in [-0.05, 0) is 56.3 Å². The van der Waals surface area contributed by atoms with Gasteiger partial charge in [-0.25, -0.2) is 0 Å². The van der Waals surface area contributed by atoms with Crippen molar-refractivity contribution in [3.8, 4) is 0 Å². The van der Waals surface area contributed by atoms with Crippen molar-refractivity contribution < 1.29 is 67.7 Å². The van der Waals surface area contributed by atoms with Gasteiger partial charge in [0.25, 0.3) is 5.91 Å². The van der Waals surface area contributed by atoms with Crippen LogP contribution in [-0.2, 0) is 57.5 Å². The van der Waals surface area contributed by atoms with Crippen LogP contribution in [0.5, 0.6) is 0 Å². The van der Waals surface area contributed by atoms with Gasteiger partial charge in [0.15, 0.2) is 0 Å². The van der Waals surface area contributed by atoms with Crippen LogP contribution in [0.25, 0.3) is 0 Å². The lowest BCUT2D eigenvalue weighted by Gasteiger charge is -2.34. The van der Waals surface area contributed by atoms with Crippen molar-refractivity contribution in [1.82, 2.24) is 37.2 Å². The minimum atomic E-state index is -1.53. The fourth-order valence-corrected chi connectivity index (χ4v) is 8.17. The van der Waals surface area contributed by atoms with E-state index in [1.165, 1.54) is 6.08 Å². The normalized spacial score (nSPS) is 16.9. The molecule has 6 unspecified atom stereocenters. The maximum atomic E-state index is 14.5. The van der Waals surface area contributed by atoms with Crippen LogP contribution in [0.15, 0.2) is 12.7 Å². The fourth-order valence-electron chi connectivity index (χ4n) is 8.17. The minimum Gasteiger partial charge on any atom is -0.481 e. The molecule has 0 radical (unpaired) electrons. The zero-order valence-corrected chi connectivity index (χ0v) is 38.7. The van der Waals surface area contributed by atoms with Crippen LogP contribution < -0.4 is 37.2 Å². The fraction of sp³-hybridized carbons (Fsp3) is 0.711. The summed E-state index contributed by atoms with van der Waals surface area (Å²) in [6, 6.07) is -7.88. The minimum absolute atomic E-state index is 0.0449. The number of rotatable bonds is 29. The van der Waals surface area contributed by atoms with Gasteiger partial charge < -0.3 is 52.2 Å². The molecule has 6 atom stereocenters. The highest BCUT2D eigenvalue weighted by Crippen LogP contribution is 2.29. The Bertz CT molecular complexity index is 1730. The molecule has 0 aromatic carbocycles. The Morgan fingerprint density at radius 1 is 0.636 bits per heavy atom. The van der Waals surface area contributed by atoms with Gasteiger partial charge in [-0.1, -0.05) is 91.2 Å². The number of hydrogen-bond acceptors (Lipinski definition) is 12. The van der Waals surface area contributed by atoms with E-state index >= 15 is 0 Å². The monoisotopic (exact) mass is 934 g/mol. The van der Waals surface area contributed by atoms with E-state index in [0.717, 1.165) is 58.3 Å². The Hall–Kier alpha value is -5.89. The van der Waals surface area contributed by atoms with E-state index in [1.807, 2.05) is 0 Å². The molecule has 2 aliphatic rings. The molecule has 0 aromatic heterocycles. The number of hydrogen-bond donors (Lipinski definition) is 9. The number of nitrogens with one attached hydrogen (secondary N) is 7. The maximum absolute atomic E-state index is 14.5. The lowest BCUT2D eigenvalue weighted by Crippen LogP contribution is -2.62. The molecule has 0 saturated heterocycles. The smallest absolute Gasteiger partial charge is 0.325 e. The van der Waals surface area contributed by atoms with Gasteiger partial charge >= 0.3 is 17.9 Å². The van der Waals surface area contributed by atoms with Crippen molar-refractivity contribution in [2.45, 2.75) is 173 Å². The average molecular weight is 934 g/mol. The van der Waals surface area contributed by atoms with Crippen LogP contribution in [0.3, 0.4) is 0 Å². The number of ketones is 1. The number of carbonyl (C=O) groups excluding carboxylic acids is 9. The van der Waals surface area contributed by atoms with Crippen molar-refractivity contribution in [2.75, 3.05) is 13.2 Å². The van der Waals surface area contributed by atoms with E-state index in [4.69, 9.17) is 9.84 Å². The molecule has 0 bridgehead atoms. The Balaban J connectivity index is 2.39. The third-order valence-corrected chi connectivity index (χ3v) is 11.7. The highest BCUT2D eigenvalue weighted by molar-refractivity contribution is 6.38. The molecule has 0 spiro atoms. The van der Waals surface area contributed by atoms with Gasteiger partial charge in [0, 0.05) is 19.8 Å². The first kappa shape index (κ1) is 56.2. The number of amides is 7. The lowest BCUT2D eigenvalue weighted by atomic mass is 9.82. The Kier molecular flexibility index (Phi) is 25.2. The number of carbonyl (C=O) groups is 11. The summed E-state index contributed by atoms with van der Waals surface area (Å²) in [5.41, 5.74) is 0. The van der Waals surface area contributed by atoms with Crippen molar-refractivity contribution in [1.29, 1.82) is 0 Å².